The van der Waals surface area contributed by atoms with Crippen LogP contribution in [-0.2, 0) is 14.3 Å². The van der Waals surface area contributed by atoms with Crippen LogP contribution in [0.5, 0.6) is 0 Å². The maximum atomic E-state index is 11.8. The van der Waals surface area contributed by atoms with Crippen molar-refractivity contribution in [3.05, 3.63) is 0 Å². The van der Waals surface area contributed by atoms with Gasteiger partial charge >= 0.3 is 5.97 Å². The maximum Gasteiger partial charge on any atom is 0.307 e. The summed E-state index contributed by atoms with van der Waals surface area (Å²) in [6.07, 6.45) is 2.14. The van der Waals surface area contributed by atoms with E-state index in [1.165, 1.54) is 0 Å². The molecule has 0 saturated carbocycles. The van der Waals surface area contributed by atoms with Crippen molar-refractivity contribution in [2.45, 2.75) is 59.0 Å². The van der Waals surface area contributed by atoms with Crippen molar-refractivity contribution < 1.29 is 14.3 Å². The Balaban J connectivity index is 3.84. The predicted molar refractivity (Wildman–Crippen MR) is 71.2 cm³/mol. The summed E-state index contributed by atoms with van der Waals surface area (Å²) in [5.41, 5.74) is 0. The summed E-state index contributed by atoms with van der Waals surface area (Å²) in [5, 5.41) is 5.97. The third-order valence-corrected chi connectivity index (χ3v) is 2.81. The molecule has 0 radical (unpaired) electrons. The Morgan fingerprint density at radius 3 is 2.28 bits per heavy atom. The van der Waals surface area contributed by atoms with E-state index in [1.54, 1.807) is 13.8 Å². The molecular weight excluding hydrogens is 232 g/mol. The summed E-state index contributed by atoms with van der Waals surface area (Å²) < 4.78 is 4.80. The molecule has 0 bridgehead atoms. The van der Waals surface area contributed by atoms with Crippen LogP contribution in [0.2, 0.25) is 0 Å². The minimum atomic E-state index is -0.292. The fraction of sp³-hybridized carbons (Fsp3) is 0.846. The average Bonchev–Trinajstić information content (AvgIpc) is 2.35. The first-order valence-electron chi connectivity index (χ1n) is 6.74. The second kappa shape index (κ2) is 9.88. The van der Waals surface area contributed by atoms with Gasteiger partial charge in [-0.2, -0.15) is 0 Å². The van der Waals surface area contributed by atoms with Crippen LogP contribution in [0.4, 0.5) is 0 Å². The molecule has 1 amide bonds. The van der Waals surface area contributed by atoms with Gasteiger partial charge in [-0.25, -0.2) is 0 Å². The summed E-state index contributed by atoms with van der Waals surface area (Å²) >= 11 is 0. The van der Waals surface area contributed by atoms with Gasteiger partial charge in [0.2, 0.25) is 5.91 Å². The van der Waals surface area contributed by atoms with Crippen LogP contribution in [0.3, 0.4) is 0 Å². The van der Waals surface area contributed by atoms with E-state index >= 15 is 0 Å². The summed E-state index contributed by atoms with van der Waals surface area (Å²) in [7, 11) is 0. The van der Waals surface area contributed by atoms with Crippen LogP contribution in [0, 0.1) is 0 Å². The molecule has 2 N–H and O–H groups in total. The van der Waals surface area contributed by atoms with Crippen molar-refractivity contribution in [1.29, 1.82) is 0 Å². The van der Waals surface area contributed by atoms with E-state index in [0.29, 0.717) is 13.2 Å². The van der Waals surface area contributed by atoms with Gasteiger partial charge in [0.15, 0.2) is 0 Å². The van der Waals surface area contributed by atoms with E-state index < -0.39 is 0 Å². The molecule has 0 fully saturated rings. The minimum absolute atomic E-state index is 0.0208. The van der Waals surface area contributed by atoms with Crippen molar-refractivity contribution in [1.82, 2.24) is 10.6 Å². The van der Waals surface area contributed by atoms with Crippen LogP contribution < -0.4 is 10.6 Å². The van der Waals surface area contributed by atoms with Gasteiger partial charge in [0.05, 0.1) is 19.1 Å². The molecule has 1 unspecified atom stereocenters. The molecule has 0 aliphatic rings. The van der Waals surface area contributed by atoms with Crippen LogP contribution in [0.1, 0.15) is 47.0 Å². The molecule has 106 valence electrons. The first-order chi connectivity index (χ1) is 8.54. The normalized spacial score (nSPS) is 12.3. The number of hydrogen-bond donors (Lipinski definition) is 2. The Morgan fingerprint density at radius 1 is 1.17 bits per heavy atom. The molecule has 0 aromatic carbocycles. The number of carbonyl (C=O) groups is 2. The molecule has 0 rings (SSSR count). The second-order valence-electron chi connectivity index (χ2n) is 4.25. The lowest BCUT2D eigenvalue weighted by Gasteiger charge is -2.19. The van der Waals surface area contributed by atoms with E-state index in [-0.39, 0.29) is 30.4 Å². The van der Waals surface area contributed by atoms with Gasteiger partial charge in [0, 0.05) is 12.6 Å². The van der Waals surface area contributed by atoms with Gasteiger partial charge in [-0.05, 0) is 26.7 Å². The lowest BCUT2D eigenvalue weighted by atomic mass is 10.1. The second-order valence-corrected chi connectivity index (χ2v) is 4.25. The third-order valence-electron chi connectivity index (χ3n) is 2.81. The first kappa shape index (κ1) is 16.9. The zero-order chi connectivity index (χ0) is 14.0. The van der Waals surface area contributed by atoms with E-state index in [0.717, 1.165) is 12.8 Å². The monoisotopic (exact) mass is 258 g/mol. The zero-order valence-corrected chi connectivity index (χ0v) is 11.9. The molecule has 5 nitrogen and oxygen atoms in total. The largest absolute Gasteiger partial charge is 0.466 e. The molecule has 0 heterocycles. The van der Waals surface area contributed by atoms with Gasteiger partial charge in [-0.3, -0.25) is 9.59 Å². The van der Waals surface area contributed by atoms with Crippen LogP contribution in [0.15, 0.2) is 0 Å². The molecule has 0 spiro atoms. The highest BCUT2D eigenvalue weighted by molar-refractivity contribution is 5.81. The molecule has 0 aromatic rings. The Kier molecular flexibility index (Phi) is 9.28. The average molecular weight is 258 g/mol. The molecular formula is C13H26N2O3. The maximum absolute atomic E-state index is 11.8. The van der Waals surface area contributed by atoms with Crippen molar-refractivity contribution in [3.63, 3.8) is 0 Å². The van der Waals surface area contributed by atoms with E-state index in [1.807, 2.05) is 13.8 Å². The van der Waals surface area contributed by atoms with Gasteiger partial charge < -0.3 is 15.4 Å². The van der Waals surface area contributed by atoms with Gasteiger partial charge in [-0.1, -0.05) is 13.8 Å². The Hall–Kier alpha value is -1.10. The predicted octanol–water partition coefficient (Wildman–Crippen LogP) is 1.22. The standard InChI is InChI=1S/C13H26N2O3/c1-5-11(6-2)15-13(17)10(4)14-9-8-12(16)18-7-3/h10-11,14H,5-9H2,1-4H3,(H,15,17). The van der Waals surface area contributed by atoms with Gasteiger partial charge in [0.25, 0.3) is 0 Å². The Labute approximate surface area is 110 Å². The summed E-state index contributed by atoms with van der Waals surface area (Å²) in [6.45, 7) is 8.51. The van der Waals surface area contributed by atoms with Crippen molar-refractivity contribution in [2.75, 3.05) is 13.2 Å². The number of rotatable bonds is 9. The smallest absolute Gasteiger partial charge is 0.307 e. The fourth-order valence-corrected chi connectivity index (χ4v) is 1.54. The Bertz CT molecular complexity index is 253. The highest BCUT2D eigenvalue weighted by Gasteiger charge is 2.15. The van der Waals surface area contributed by atoms with E-state index in [4.69, 9.17) is 4.74 Å². The fourth-order valence-electron chi connectivity index (χ4n) is 1.54. The topological polar surface area (TPSA) is 67.4 Å². The lowest BCUT2D eigenvalue weighted by Crippen LogP contribution is -2.46. The number of hydrogen-bond acceptors (Lipinski definition) is 4. The highest BCUT2D eigenvalue weighted by atomic mass is 16.5. The van der Waals surface area contributed by atoms with Crippen molar-refractivity contribution >= 4 is 11.9 Å². The quantitative estimate of drug-likeness (QED) is 0.610. The molecule has 18 heavy (non-hydrogen) atoms. The summed E-state index contributed by atoms with van der Waals surface area (Å²) in [6, 6.07) is -0.0631. The van der Waals surface area contributed by atoms with Crippen LogP contribution in [-0.4, -0.2) is 37.1 Å². The lowest BCUT2D eigenvalue weighted by molar-refractivity contribution is -0.143. The number of carbonyl (C=O) groups excluding carboxylic acids is 2. The highest BCUT2D eigenvalue weighted by Crippen LogP contribution is 1.97. The van der Waals surface area contributed by atoms with E-state index in [9.17, 15) is 9.59 Å². The number of ether oxygens (including phenoxy) is 1. The summed E-state index contributed by atoms with van der Waals surface area (Å²) in [5.74, 6) is -0.259. The molecule has 5 heteroatoms. The molecule has 0 saturated heterocycles. The van der Waals surface area contributed by atoms with Gasteiger partial charge in [0.1, 0.15) is 0 Å². The van der Waals surface area contributed by atoms with Crippen LogP contribution in [0.25, 0.3) is 0 Å². The Morgan fingerprint density at radius 2 is 1.78 bits per heavy atom. The van der Waals surface area contributed by atoms with Crippen molar-refractivity contribution in [2.24, 2.45) is 0 Å². The SMILES string of the molecule is CCOC(=O)CCNC(C)C(=O)NC(CC)CC. The molecule has 0 aliphatic carbocycles. The number of nitrogens with one attached hydrogen (secondary N) is 2. The third kappa shape index (κ3) is 7.27. The zero-order valence-electron chi connectivity index (χ0n) is 11.9. The number of amides is 1. The van der Waals surface area contributed by atoms with Crippen molar-refractivity contribution in [3.8, 4) is 0 Å². The van der Waals surface area contributed by atoms with E-state index in [2.05, 4.69) is 10.6 Å². The van der Waals surface area contributed by atoms with Crippen LogP contribution >= 0.6 is 0 Å². The molecule has 1 atom stereocenters. The molecule has 0 aromatic heterocycles. The first-order valence-corrected chi connectivity index (χ1v) is 6.74. The summed E-state index contributed by atoms with van der Waals surface area (Å²) in [4.78, 5) is 22.9. The van der Waals surface area contributed by atoms with Gasteiger partial charge in [-0.15, -0.1) is 0 Å². The minimum Gasteiger partial charge on any atom is -0.466 e. The number of esters is 1. The molecule has 0 aliphatic heterocycles.